The van der Waals surface area contributed by atoms with Gasteiger partial charge in [-0.1, -0.05) is 13.8 Å². The van der Waals surface area contributed by atoms with Gasteiger partial charge in [-0.05, 0) is 36.8 Å². The summed E-state index contributed by atoms with van der Waals surface area (Å²) in [6, 6.07) is 4.01. The average molecular weight is 233 g/mol. The predicted molar refractivity (Wildman–Crippen MR) is 67.7 cm³/mol. The molecule has 92 valence electrons. The number of hydrogen-bond acceptors (Lipinski definition) is 3. The van der Waals surface area contributed by atoms with Crippen LogP contribution in [0.15, 0.2) is 18.3 Å². The Bertz CT molecular complexity index is 402. The van der Waals surface area contributed by atoms with Crippen LogP contribution in [0, 0.1) is 11.8 Å². The maximum atomic E-state index is 10.9. The molecule has 17 heavy (non-hydrogen) atoms. The van der Waals surface area contributed by atoms with Crippen LogP contribution in [-0.2, 0) is 0 Å². The highest BCUT2D eigenvalue weighted by Crippen LogP contribution is 2.32. The Labute approximate surface area is 102 Å². The molecule has 0 bridgehead atoms. The van der Waals surface area contributed by atoms with E-state index in [2.05, 4.69) is 24.1 Å². The van der Waals surface area contributed by atoms with Gasteiger partial charge in [0.2, 0.25) is 5.91 Å². The number of amides is 1. The second-order valence-electron chi connectivity index (χ2n) is 4.96. The first kappa shape index (κ1) is 11.9. The van der Waals surface area contributed by atoms with Crippen molar-refractivity contribution in [2.24, 2.45) is 17.6 Å². The van der Waals surface area contributed by atoms with Crippen molar-refractivity contribution >= 4 is 11.7 Å². The minimum Gasteiger partial charge on any atom is -0.367 e. The number of nitrogens with zero attached hydrogens (tertiary/aromatic N) is 1. The van der Waals surface area contributed by atoms with E-state index in [1.807, 2.05) is 6.07 Å². The summed E-state index contributed by atoms with van der Waals surface area (Å²) in [5.41, 5.74) is 5.62. The third-order valence-electron chi connectivity index (χ3n) is 3.85. The third kappa shape index (κ3) is 2.57. The van der Waals surface area contributed by atoms with E-state index >= 15 is 0 Å². The Hall–Kier alpha value is -1.58. The molecule has 4 heteroatoms. The summed E-state index contributed by atoms with van der Waals surface area (Å²) in [6.07, 6.45) is 3.97. The molecule has 0 saturated heterocycles. The smallest absolute Gasteiger partial charge is 0.250 e. The summed E-state index contributed by atoms with van der Waals surface area (Å²) in [5, 5.41) is 3.42. The lowest BCUT2D eigenvalue weighted by Crippen LogP contribution is -2.24. The topological polar surface area (TPSA) is 68.0 Å². The summed E-state index contributed by atoms with van der Waals surface area (Å²) < 4.78 is 0. The molecule has 1 fully saturated rings. The number of pyridine rings is 1. The Balaban J connectivity index is 2.02. The number of carbonyl (C=O) groups excluding carboxylic acids is 1. The zero-order valence-electron chi connectivity index (χ0n) is 10.3. The van der Waals surface area contributed by atoms with Crippen LogP contribution in [0.4, 0.5) is 5.82 Å². The number of anilines is 1. The largest absolute Gasteiger partial charge is 0.367 e. The van der Waals surface area contributed by atoms with E-state index in [1.165, 1.54) is 19.0 Å². The molecule has 0 aromatic carbocycles. The van der Waals surface area contributed by atoms with Gasteiger partial charge in [-0.3, -0.25) is 4.79 Å². The van der Waals surface area contributed by atoms with Gasteiger partial charge in [0.15, 0.2) is 0 Å². The predicted octanol–water partition coefficient (Wildman–Crippen LogP) is 2.03. The van der Waals surface area contributed by atoms with Gasteiger partial charge >= 0.3 is 0 Å². The number of nitrogens with two attached hydrogens (primary N) is 1. The van der Waals surface area contributed by atoms with Crippen molar-refractivity contribution in [3.63, 3.8) is 0 Å². The zero-order valence-corrected chi connectivity index (χ0v) is 10.3. The molecule has 0 aliphatic heterocycles. The van der Waals surface area contributed by atoms with Crippen molar-refractivity contribution in [1.29, 1.82) is 0 Å². The van der Waals surface area contributed by atoms with Crippen molar-refractivity contribution in [1.82, 2.24) is 4.98 Å². The number of nitrogens with one attached hydrogen (secondary N) is 1. The van der Waals surface area contributed by atoms with Gasteiger partial charge in [0.05, 0.1) is 5.56 Å². The first-order valence-corrected chi connectivity index (χ1v) is 6.10. The van der Waals surface area contributed by atoms with E-state index in [1.54, 1.807) is 6.07 Å². The minimum absolute atomic E-state index is 0.438. The van der Waals surface area contributed by atoms with E-state index in [0.717, 1.165) is 11.7 Å². The van der Waals surface area contributed by atoms with Crippen molar-refractivity contribution in [2.45, 2.75) is 32.7 Å². The second kappa shape index (κ2) is 4.73. The molecule has 1 saturated carbocycles. The van der Waals surface area contributed by atoms with Crippen molar-refractivity contribution in [2.75, 3.05) is 5.32 Å². The Morgan fingerprint density at radius 2 is 2.18 bits per heavy atom. The quantitative estimate of drug-likeness (QED) is 0.839. The number of aromatic nitrogens is 1. The van der Waals surface area contributed by atoms with Gasteiger partial charge in [0.25, 0.3) is 0 Å². The number of primary amides is 1. The average Bonchev–Trinajstić information content (AvgIpc) is 2.62. The Kier molecular flexibility index (Phi) is 3.31. The fraction of sp³-hybridized carbons (Fsp3) is 0.538. The molecular formula is C13H19N3O. The van der Waals surface area contributed by atoms with Crippen LogP contribution >= 0.6 is 0 Å². The molecule has 1 amide bonds. The zero-order chi connectivity index (χ0) is 12.4. The maximum absolute atomic E-state index is 10.9. The van der Waals surface area contributed by atoms with Crippen molar-refractivity contribution in [3.8, 4) is 0 Å². The first-order chi connectivity index (χ1) is 8.08. The molecule has 1 aliphatic rings. The van der Waals surface area contributed by atoms with Gasteiger partial charge in [-0.25, -0.2) is 4.98 Å². The van der Waals surface area contributed by atoms with E-state index in [9.17, 15) is 4.79 Å². The summed E-state index contributed by atoms with van der Waals surface area (Å²) in [4.78, 5) is 15.1. The van der Waals surface area contributed by atoms with Crippen LogP contribution in [0.5, 0.6) is 0 Å². The molecule has 3 atom stereocenters. The Morgan fingerprint density at radius 1 is 1.41 bits per heavy atom. The SMILES string of the molecule is CC1CCC(Nc2ccc(C(N)=O)cn2)C1C. The van der Waals surface area contributed by atoms with Crippen LogP contribution in [0.1, 0.15) is 37.0 Å². The molecule has 1 aromatic rings. The third-order valence-corrected chi connectivity index (χ3v) is 3.85. The molecule has 1 heterocycles. The minimum atomic E-state index is -0.438. The van der Waals surface area contributed by atoms with Gasteiger partial charge < -0.3 is 11.1 Å². The molecule has 1 aliphatic carbocycles. The van der Waals surface area contributed by atoms with Crippen molar-refractivity contribution < 1.29 is 4.79 Å². The molecule has 3 unspecified atom stereocenters. The monoisotopic (exact) mass is 233 g/mol. The lowest BCUT2D eigenvalue weighted by Gasteiger charge is -2.20. The lowest BCUT2D eigenvalue weighted by molar-refractivity contribution is 0.1000. The van der Waals surface area contributed by atoms with E-state index in [4.69, 9.17) is 5.73 Å². The molecule has 0 radical (unpaired) electrons. The van der Waals surface area contributed by atoms with E-state index in [0.29, 0.717) is 17.5 Å². The van der Waals surface area contributed by atoms with Crippen molar-refractivity contribution in [3.05, 3.63) is 23.9 Å². The van der Waals surface area contributed by atoms with Crippen LogP contribution in [-0.4, -0.2) is 16.9 Å². The highest BCUT2D eigenvalue weighted by atomic mass is 16.1. The van der Waals surface area contributed by atoms with Gasteiger partial charge in [0, 0.05) is 12.2 Å². The normalized spacial score (nSPS) is 28.0. The van der Waals surface area contributed by atoms with Gasteiger partial charge in [-0.15, -0.1) is 0 Å². The van der Waals surface area contributed by atoms with Crippen LogP contribution in [0.25, 0.3) is 0 Å². The first-order valence-electron chi connectivity index (χ1n) is 6.10. The van der Waals surface area contributed by atoms with E-state index < -0.39 is 5.91 Å². The van der Waals surface area contributed by atoms with Crippen LogP contribution in [0.2, 0.25) is 0 Å². The van der Waals surface area contributed by atoms with Gasteiger partial charge in [-0.2, -0.15) is 0 Å². The summed E-state index contributed by atoms with van der Waals surface area (Å²) >= 11 is 0. The molecule has 3 N–H and O–H groups in total. The number of carbonyl (C=O) groups is 1. The molecular weight excluding hydrogens is 214 g/mol. The highest BCUT2D eigenvalue weighted by Gasteiger charge is 2.29. The number of hydrogen-bond donors (Lipinski definition) is 2. The van der Waals surface area contributed by atoms with Gasteiger partial charge in [0.1, 0.15) is 5.82 Å². The van der Waals surface area contributed by atoms with E-state index in [-0.39, 0.29) is 0 Å². The molecule has 0 spiro atoms. The fourth-order valence-corrected chi connectivity index (χ4v) is 2.38. The van der Waals surface area contributed by atoms with Crippen LogP contribution < -0.4 is 11.1 Å². The molecule has 4 nitrogen and oxygen atoms in total. The Morgan fingerprint density at radius 3 is 2.65 bits per heavy atom. The summed E-state index contributed by atoms with van der Waals surface area (Å²) in [5.74, 6) is 1.80. The standard InChI is InChI=1S/C13H19N3O/c1-8-3-5-11(9(8)2)16-12-6-4-10(7-15-12)13(14)17/h4,6-9,11H,3,5H2,1-2H3,(H2,14,17)(H,15,16). The highest BCUT2D eigenvalue weighted by molar-refractivity contribution is 5.92. The molecule has 1 aromatic heterocycles. The maximum Gasteiger partial charge on any atom is 0.250 e. The lowest BCUT2D eigenvalue weighted by atomic mass is 9.98. The second-order valence-corrected chi connectivity index (χ2v) is 4.96. The van der Waals surface area contributed by atoms with Crippen LogP contribution in [0.3, 0.4) is 0 Å². The molecule has 2 rings (SSSR count). The summed E-state index contributed by atoms with van der Waals surface area (Å²) in [7, 11) is 0. The summed E-state index contributed by atoms with van der Waals surface area (Å²) in [6.45, 7) is 4.56. The fourth-order valence-electron chi connectivity index (χ4n) is 2.38. The number of rotatable bonds is 3.